The second-order valence-corrected chi connectivity index (χ2v) is 5.59. The molecule has 2 aromatic rings. The molecule has 0 unspecified atom stereocenters. The molecule has 27 heavy (non-hydrogen) atoms. The number of nitriles is 1. The van der Waals surface area contributed by atoms with Crippen molar-refractivity contribution in [2.24, 2.45) is 5.10 Å². The zero-order valence-electron chi connectivity index (χ0n) is 14.9. The monoisotopic (exact) mass is 387 g/mol. The smallest absolute Gasteiger partial charge is 0.277 e. The summed E-state index contributed by atoms with van der Waals surface area (Å²) < 4.78 is 16.0. The fourth-order valence-electron chi connectivity index (χ4n) is 2.08. The van der Waals surface area contributed by atoms with Gasteiger partial charge in [0, 0.05) is 0 Å². The molecule has 2 aromatic carbocycles. The minimum Gasteiger partial charge on any atom is -0.493 e. The highest BCUT2D eigenvalue weighted by atomic mass is 35.5. The van der Waals surface area contributed by atoms with Crippen LogP contribution in [0.3, 0.4) is 0 Å². The largest absolute Gasteiger partial charge is 0.493 e. The first kappa shape index (κ1) is 20.1. The molecule has 140 valence electrons. The van der Waals surface area contributed by atoms with E-state index in [0.717, 1.165) is 0 Å². The number of halogens is 1. The minimum atomic E-state index is -0.431. The minimum absolute atomic E-state index is 0.212. The first-order chi connectivity index (χ1) is 13.1. The van der Waals surface area contributed by atoms with Crippen molar-refractivity contribution in [3.63, 3.8) is 0 Å². The number of benzene rings is 2. The number of nitrogens with zero attached hydrogens (tertiary/aromatic N) is 2. The normalized spacial score (nSPS) is 10.3. The molecule has 0 saturated carbocycles. The number of hydrogen-bond acceptors (Lipinski definition) is 6. The van der Waals surface area contributed by atoms with Crippen LogP contribution in [0.1, 0.15) is 18.1 Å². The number of rotatable bonds is 8. The van der Waals surface area contributed by atoms with Crippen molar-refractivity contribution >= 4 is 23.7 Å². The Hall–Kier alpha value is -3.24. The van der Waals surface area contributed by atoms with E-state index in [9.17, 15) is 4.79 Å². The quantitative estimate of drug-likeness (QED) is 0.554. The molecule has 8 heteroatoms. The maximum absolute atomic E-state index is 11.8. The van der Waals surface area contributed by atoms with Crippen molar-refractivity contribution in [1.29, 1.82) is 5.26 Å². The molecule has 0 fully saturated rings. The number of carbonyl (C=O) groups excluding carboxylic acids is 1. The Balaban J connectivity index is 1.91. The number of ether oxygens (including phenoxy) is 3. The zero-order chi connectivity index (χ0) is 19.6. The molecule has 0 heterocycles. The van der Waals surface area contributed by atoms with Gasteiger partial charge in [-0.2, -0.15) is 10.4 Å². The van der Waals surface area contributed by atoms with E-state index in [1.54, 1.807) is 36.4 Å². The van der Waals surface area contributed by atoms with Crippen LogP contribution in [0.15, 0.2) is 41.5 Å². The lowest BCUT2D eigenvalue weighted by Crippen LogP contribution is -2.24. The predicted octanol–water partition coefficient (Wildman–Crippen LogP) is 3.15. The average Bonchev–Trinajstić information content (AvgIpc) is 2.68. The zero-order valence-corrected chi connectivity index (χ0v) is 15.6. The number of hydrazone groups is 1. The molecule has 2 rings (SSSR count). The Bertz CT molecular complexity index is 860. The highest BCUT2D eigenvalue weighted by Crippen LogP contribution is 2.35. The first-order valence-electron chi connectivity index (χ1n) is 8.02. The molecule has 7 nitrogen and oxygen atoms in total. The van der Waals surface area contributed by atoms with Gasteiger partial charge >= 0.3 is 0 Å². The SMILES string of the molecule is CCOc1c(Cl)cc(/C=N\NC(=O)COc2ccc(C#N)cc2)cc1OC. The molecular formula is C19H18ClN3O4. The summed E-state index contributed by atoms with van der Waals surface area (Å²) in [6.45, 7) is 2.09. The highest BCUT2D eigenvalue weighted by Gasteiger charge is 2.11. The third-order valence-corrected chi connectivity index (χ3v) is 3.58. The van der Waals surface area contributed by atoms with E-state index in [1.807, 2.05) is 13.0 Å². The number of nitrogens with one attached hydrogen (secondary N) is 1. The fraction of sp³-hybridized carbons (Fsp3) is 0.211. The standard InChI is InChI=1S/C19H18ClN3O4/c1-3-26-19-16(20)8-14(9-17(19)25-2)11-22-23-18(24)12-27-15-6-4-13(10-21)5-7-15/h4-9,11H,3,12H2,1-2H3,(H,23,24)/b22-11-. The van der Waals surface area contributed by atoms with Crippen LogP contribution in [0.5, 0.6) is 17.2 Å². The third kappa shape index (κ3) is 5.90. The van der Waals surface area contributed by atoms with E-state index in [0.29, 0.717) is 40.0 Å². The van der Waals surface area contributed by atoms with Gasteiger partial charge in [-0.25, -0.2) is 5.43 Å². The van der Waals surface area contributed by atoms with Crippen LogP contribution in [0.2, 0.25) is 5.02 Å². The van der Waals surface area contributed by atoms with E-state index in [-0.39, 0.29) is 6.61 Å². The highest BCUT2D eigenvalue weighted by molar-refractivity contribution is 6.32. The molecule has 0 spiro atoms. The van der Waals surface area contributed by atoms with Gasteiger partial charge in [0.05, 0.1) is 36.6 Å². The summed E-state index contributed by atoms with van der Waals surface area (Å²) >= 11 is 6.18. The summed E-state index contributed by atoms with van der Waals surface area (Å²) in [4.78, 5) is 11.8. The van der Waals surface area contributed by atoms with E-state index < -0.39 is 5.91 Å². The lowest BCUT2D eigenvalue weighted by atomic mass is 10.2. The Labute approximate surface area is 162 Å². The van der Waals surface area contributed by atoms with Gasteiger partial charge in [-0.15, -0.1) is 0 Å². The topological polar surface area (TPSA) is 92.9 Å². The van der Waals surface area contributed by atoms with Gasteiger partial charge in [0.15, 0.2) is 18.1 Å². The van der Waals surface area contributed by atoms with E-state index >= 15 is 0 Å². The van der Waals surface area contributed by atoms with Gasteiger partial charge in [-0.3, -0.25) is 4.79 Å². The number of hydrogen-bond donors (Lipinski definition) is 1. The van der Waals surface area contributed by atoms with Crippen LogP contribution in [0.25, 0.3) is 0 Å². The summed E-state index contributed by atoms with van der Waals surface area (Å²) in [6, 6.07) is 11.8. The number of carbonyl (C=O) groups is 1. The Kier molecular flexibility index (Phi) is 7.47. The molecule has 0 aromatic heterocycles. The van der Waals surface area contributed by atoms with Crippen LogP contribution in [0, 0.1) is 11.3 Å². The van der Waals surface area contributed by atoms with Crippen molar-refractivity contribution in [2.45, 2.75) is 6.92 Å². The molecule has 0 bridgehead atoms. The van der Waals surface area contributed by atoms with E-state index in [4.69, 9.17) is 31.1 Å². The molecule has 1 amide bonds. The van der Waals surface area contributed by atoms with Crippen LogP contribution in [-0.2, 0) is 4.79 Å². The second kappa shape index (κ2) is 10.0. The summed E-state index contributed by atoms with van der Waals surface area (Å²) in [5.74, 6) is 0.982. The van der Waals surface area contributed by atoms with Crippen LogP contribution in [-0.4, -0.2) is 32.4 Å². The summed E-state index contributed by atoms with van der Waals surface area (Å²) in [7, 11) is 1.51. The van der Waals surface area contributed by atoms with Crippen molar-refractivity contribution in [1.82, 2.24) is 5.43 Å². The van der Waals surface area contributed by atoms with Crippen molar-refractivity contribution in [3.05, 3.63) is 52.5 Å². The maximum Gasteiger partial charge on any atom is 0.277 e. The summed E-state index contributed by atoms with van der Waals surface area (Å²) in [5.41, 5.74) is 3.51. The van der Waals surface area contributed by atoms with Gasteiger partial charge in [-0.05, 0) is 48.9 Å². The molecule has 1 N–H and O–H groups in total. The Morgan fingerprint density at radius 2 is 2.04 bits per heavy atom. The van der Waals surface area contributed by atoms with Crippen LogP contribution >= 0.6 is 11.6 Å². The number of methoxy groups -OCH3 is 1. The molecule has 0 radical (unpaired) electrons. The van der Waals surface area contributed by atoms with Crippen LogP contribution in [0.4, 0.5) is 0 Å². The molecule has 0 aliphatic rings. The van der Waals surface area contributed by atoms with Crippen molar-refractivity contribution in [3.8, 4) is 23.3 Å². The predicted molar refractivity (Wildman–Crippen MR) is 102 cm³/mol. The summed E-state index contributed by atoms with van der Waals surface area (Å²) in [6.07, 6.45) is 1.43. The van der Waals surface area contributed by atoms with Gasteiger partial charge in [0.1, 0.15) is 5.75 Å². The van der Waals surface area contributed by atoms with Crippen molar-refractivity contribution in [2.75, 3.05) is 20.3 Å². The summed E-state index contributed by atoms with van der Waals surface area (Å²) in [5, 5.41) is 13.0. The average molecular weight is 388 g/mol. The third-order valence-electron chi connectivity index (χ3n) is 3.30. The van der Waals surface area contributed by atoms with E-state index in [1.165, 1.54) is 13.3 Å². The Morgan fingerprint density at radius 1 is 1.30 bits per heavy atom. The molecule has 0 saturated heterocycles. The Morgan fingerprint density at radius 3 is 2.67 bits per heavy atom. The van der Waals surface area contributed by atoms with Gasteiger partial charge in [0.2, 0.25) is 0 Å². The lowest BCUT2D eigenvalue weighted by molar-refractivity contribution is -0.123. The maximum atomic E-state index is 11.8. The van der Waals surface area contributed by atoms with E-state index in [2.05, 4.69) is 10.5 Å². The fourth-order valence-corrected chi connectivity index (χ4v) is 2.36. The number of amides is 1. The molecule has 0 atom stereocenters. The van der Waals surface area contributed by atoms with Crippen LogP contribution < -0.4 is 19.6 Å². The van der Waals surface area contributed by atoms with Gasteiger partial charge in [0.25, 0.3) is 5.91 Å². The second-order valence-electron chi connectivity index (χ2n) is 5.19. The van der Waals surface area contributed by atoms with Gasteiger partial charge in [-0.1, -0.05) is 11.6 Å². The molecule has 0 aliphatic carbocycles. The lowest BCUT2D eigenvalue weighted by Gasteiger charge is -2.11. The molecule has 0 aliphatic heterocycles. The molecular weight excluding hydrogens is 370 g/mol. The van der Waals surface area contributed by atoms with Crippen molar-refractivity contribution < 1.29 is 19.0 Å². The first-order valence-corrected chi connectivity index (χ1v) is 8.40. The van der Waals surface area contributed by atoms with Gasteiger partial charge < -0.3 is 14.2 Å².